The van der Waals surface area contributed by atoms with Gasteiger partial charge in [0, 0.05) is 24.8 Å². The normalized spacial score (nSPS) is 25.8. The lowest BCUT2D eigenvalue weighted by atomic mass is 9.65. The van der Waals surface area contributed by atoms with E-state index in [1.165, 1.54) is 0 Å². The molecule has 5 rings (SSSR count). The number of nitrogens with zero attached hydrogens (tertiary/aromatic N) is 1. The van der Waals surface area contributed by atoms with Crippen molar-refractivity contribution in [3.63, 3.8) is 0 Å². The molecule has 3 aliphatic rings. The van der Waals surface area contributed by atoms with Crippen LogP contribution in [-0.4, -0.2) is 63.0 Å². The predicted molar refractivity (Wildman–Crippen MR) is 114 cm³/mol. The fourth-order valence-corrected chi connectivity index (χ4v) is 5.68. The Morgan fingerprint density at radius 1 is 0.839 bits per heavy atom. The van der Waals surface area contributed by atoms with Crippen LogP contribution in [0.3, 0.4) is 0 Å². The molecule has 1 N–H and O–H groups in total. The minimum Gasteiger partial charge on any atom is -0.493 e. The van der Waals surface area contributed by atoms with Gasteiger partial charge in [-0.25, -0.2) is 0 Å². The first-order valence-electron chi connectivity index (χ1n) is 10.5. The van der Waals surface area contributed by atoms with Crippen molar-refractivity contribution < 1.29 is 28.8 Å². The Labute approximate surface area is 181 Å². The fourth-order valence-electron chi connectivity index (χ4n) is 5.68. The van der Waals surface area contributed by atoms with Crippen molar-refractivity contribution in [3.8, 4) is 34.1 Å². The van der Waals surface area contributed by atoms with Crippen LogP contribution in [0.5, 0.6) is 23.0 Å². The van der Waals surface area contributed by atoms with Crippen LogP contribution < -0.4 is 18.9 Å². The van der Waals surface area contributed by atoms with Gasteiger partial charge >= 0.3 is 0 Å². The van der Waals surface area contributed by atoms with Gasteiger partial charge in [0.1, 0.15) is 0 Å². The number of aliphatic hydroxyl groups is 1. The minimum atomic E-state index is -0.664. The maximum atomic E-state index is 12.5. The van der Waals surface area contributed by atoms with Gasteiger partial charge in [-0.3, -0.25) is 4.79 Å². The van der Waals surface area contributed by atoms with Crippen molar-refractivity contribution >= 4 is 5.91 Å². The molecule has 164 valence electrons. The second-order valence-corrected chi connectivity index (χ2v) is 8.36. The lowest BCUT2D eigenvalue weighted by Gasteiger charge is -2.48. The van der Waals surface area contributed by atoms with Gasteiger partial charge in [0.05, 0.1) is 40.6 Å². The van der Waals surface area contributed by atoms with Crippen LogP contribution in [-0.2, 0) is 4.79 Å². The zero-order valence-corrected chi connectivity index (χ0v) is 18.2. The molecule has 0 bridgehead atoms. The highest BCUT2D eigenvalue weighted by atomic mass is 16.5. The predicted octanol–water partition coefficient (Wildman–Crippen LogP) is 2.93. The number of carbonyl (C=O) groups is 1. The summed E-state index contributed by atoms with van der Waals surface area (Å²) in [6, 6.07) is 7.74. The molecule has 3 unspecified atom stereocenters. The highest BCUT2D eigenvalue weighted by Gasteiger charge is 2.51. The van der Waals surface area contributed by atoms with Crippen LogP contribution in [0.1, 0.15) is 35.8 Å². The van der Waals surface area contributed by atoms with E-state index < -0.39 is 6.10 Å². The van der Waals surface area contributed by atoms with Gasteiger partial charge in [-0.15, -0.1) is 0 Å². The fraction of sp³-hybridized carbons (Fsp3) is 0.458. The lowest BCUT2D eigenvalue weighted by molar-refractivity contribution is -0.133. The van der Waals surface area contributed by atoms with Crippen LogP contribution in [0.15, 0.2) is 24.3 Å². The van der Waals surface area contributed by atoms with Gasteiger partial charge in [-0.2, -0.15) is 0 Å². The first-order chi connectivity index (χ1) is 15.0. The summed E-state index contributed by atoms with van der Waals surface area (Å²) in [5, 5.41) is 11.5. The van der Waals surface area contributed by atoms with Gasteiger partial charge in [0.15, 0.2) is 23.0 Å². The van der Waals surface area contributed by atoms with E-state index >= 15 is 0 Å². The molecular weight excluding hydrogens is 398 g/mol. The number of hydrogen-bond acceptors (Lipinski definition) is 6. The van der Waals surface area contributed by atoms with Crippen LogP contribution in [0.4, 0.5) is 0 Å². The van der Waals surface area contributed by atoms with E-state index in [0.29, 0.717) is 42.4 Å². The van der Waals surface area contributed by atoms with E-state index in [4.69, 9.17) is 18.9 Å². The van der Waals surface area contributed by atoms with Crippen molar-refractivity contribution in [2.24, 2.45) is 0 Å². The van der Waals surface area contributed by atoms with Crippen molar-refractivity contribution in [1.82, 2.24) is 4.90 Å². The molecule has 0 spiro atoms. The van der Waals surface area contributed by atoms with Crippen LogP contribution >= 0.6 is 0 Å². The number of ether oxygens (including phenoxy) is 4. The van der Waals surface area contributed by atoms with E-state index in [2.05, 4.69) is 0 Å². The third-order valence-electron chi connectivity index (χ3n) is 7.12. The molecule has 7 heteroatoms. The Balaban J connectivity index is 1.77. The second kappa shape index (κ2) is 7.34. The number of amides is 1. The number of methoxy groups -OCH3 is 4. The third-order valence-corrected chi connectivity index (χ3v) is 7.12. The molecule has 0 saturated carbocycles. The Hall–Kier alpha value is -2.93. The summed E-state index contributed by atoms with van der Waals surface area (Å²) in [5.41, 5.74) is 4.02. The molecule has 2 aromatic carbocycles. The van der Waals surface area contributed by atoms with E-state index in [1.807, 2.05) is 29.2 Å². The molecule has 1 aliphatic carbocycles. The SMILES string of the molecule is COc1cc2c(cc1OC)C1CN3C(=O)CCC3[C@H](O)C1c1cc(OC)c(OC)cc1-2. The number of piperidine rings is 1. The molecule has 2 aliphatic heterocycles. The first kappa shape index (κ1) is 20.0. The van der Waals surface area contributed by atoms with Crippen LogP contribution in [0.2, 0.25) is 0 Å². The minimum absolute atomic E-state index is 0.0614. The Kier molecular flexibility index (Phi) is 4.73. The molecule has 4 atom stereocenters. The molecular formula is C24H27NO6. The largest absolute Gasteiger partial charge is 0.493 e. The molecule has 1 amide bonds. The topological polar surface area (TPSA) is 77.5 Å². The molecule has 2 aromatic rings. The molecule has 2 fully saturated rings. The summed E-state index contributed by atoms with van der Waals surface area (Å²) in [6.45, 7) is 0.571. The summed E-state index contributed by atoms with van der Waals surface area (Å²) in [5.74, 6) is 2.41. The quantitative estimate of drug-likeness (QED) is 0.812. The Bertz CT molecular complexity index is 1050. The Morgan fingerprint density at radius 3 is 1.94 bits per heavy atom. The number of hydrogen-bond donors (Lipinski definition) is 1. The standard InChI is InChI=1S/C24H27NO6/c1-28-18-7-12-13-8-19(29-2)21(31-4)10-15(13)23-16(14(12)9-20(18)30-3)11-25-17(24(23)27)5-6-22(25)26/h7-10,16-17,23-24,27H,5-6,11H2,1-4H3/t16?,17?,23?,24-/m0/s1. The summed E-state index contributed by atoms with van der Waals surface area (Å²) >= 11 is 0. The molecule has 2 saturated heterocycles. The number of carbonyl (C=O) groups excluding carboxylic acids is 1. The van der Waals surface area contributed by atoms with Crippen molar-refractivity contribution in [3.05, 3.63) is 35.4 Å². The summed E-state index contributed by atoms with van der Waals surface area (Å²) in [6.07, 6.45) is 0.506. The third kappa shape index (κ3) is 2.79. The maximum absolute atomic E-state index is 12.5. The van der Waals surface area contributed by atoms with Crippen molar-refractivity contribution in [1.29, 1.82) is 0 Å². The highest BCUT2D eigenvalue weighted by molar-refractivity contribution is 5.83. The number of fused-ring (bicyclic) bond motifs is 7. The molecule has 31 heavy (non-hydrogen) atoms. The number of aliphatic hydroxyl groups excluding tert-OH is 1. The smallest absolute Gasteiger partial charge is 0.223 e. The van der Waals surface area contributed by atoms with E-state index in [9.17, 15) is 9.90 Å². The monoisotopic (exact) mass is 425 g/mol. The molecule has 0 radical (unpaired) electrons. The zero-order valence-electron chi connectivity index (χ0n) is 18.2. The molecule has 2 heterocycles. The van der Waals surface area contributed by atoms with Gasteiger partial charge in [-0.05, 0) is 52.9 Å². The number of benzene rings is 2. The Morgan fingerprint density at radius 2 is 1.35 bits per heavy atom. The van der Waals surface area contributed by atoms with Crippen LogP contribution in [0, 0.1) is 0 Å². The highest BCUT2D eigenvalue weighted by Crippen LogP contribution is 2.56. The maximum Gasteiger partial charge on any atom is 0.223 e. The lowest BCUT2D eigenvalue weighted by Crippen LogP contribution is -2.53. The van der Waals surface area contributed by atoms with Gasteiger partial charge in [-0.1, -0.05) is 0 Å². The summed E-state index contributed by atoms with van der Waals surface area (Å²) in [4.78, 5) is 14.4. The van der Waals surface area contributed by atoms with Gasteiger partial charge < -0.3 is 29.0 Å². The van der Waals surface area contributed by atoms with E-state index in [-0.39, 0.29) is 23.8 Å². The van der Waals surface area contributed by atoms with Gasteiger partial charge in [0.25, 0.3) is 0 Å². The van der Waals surface area contributed by atoms with Gasteiger partial charge in [0.2, 0.25) is 5.91 Å². The second-order valence-electron chi connectivity index (χ2n) is 8.36. The van der Waals surface area contributed by atoms with E-state index in [1.54, 1.807) is 28.4 Å². The molecule has 7 nitrogen and oxygen atoms in total. The van der Waals surface area contributed by atoms with Crippen molar-refractivity contribution in [2.75, 3.05) is 35.0 Å². The average molecular weight is 425 g/mol. The number of rotatable bonds is 4. The van der Waals surface area contributed by atoms with E-state index in [0.717, 1.165) is 22.3 Å². The average Bonchev–Trinajstić information content (AvgIpc) is 3.18. The molecule has 0 aromatic heterocycles. The van der Waals surface area contributed by atoms with Crippen molar-refractivity contribution in [2.45, 2.75) is 36.8 Å². The van der Waals surface area contributed by atoms with Crippen LogP contribution in [0.25, 0.3) is 11.1 Å². The summed E-state index contributed by atoms with van der Waals surface area (Å²) in [7, 11) is 6.45. The zero-order chi connectivity index (χ0) is 21.9. The first-order valence-corrected chi connectivity index (χ1v) is 10.5. The summed E-state index contributed by atoms with van der Waals surface area (Å²) < 4.78 is 22.3.